The molecule has 0 saturated carbocycles. The fourth-order valence-corrected chi connectivity index (χ4v) is 1.41. The van der Waals surface area contributed by atoms with Gasteiger partial charge < -0.3 is 4.79 Å². The summed E-state index contributed by atoms with van der Waals surface area (Å²) in [7, 11) is 0. The largest absolute Gasteiger partial charge is 0.303 e. The third-order valence-corrected chi connectivity index (χ3v) is 2.44. The normalized spacial score (nSPS) is 16.1. The van der Waals surface area contributed by atoms with Crippen LogP contribution in [0.1, 0.15) is 51.5 Å². The third-order valence-electron chi connectivity index (χ3n) is 2.44. The van der Waals surface area contributed by atoms with Gasteiger partial charge >= 0.3 is 0 Å². The minimum absolute atomic E-state index is 0.245. The number of rotatable bonds is 4. The van der Waals surface area contributed by atoms with Gasteiger partial charge in [-0.15, -0.1) is 0 Å². The lowest BCUT2D eigenvalue weighted by atomic mass is 9.93. The zero-order valence-electron chi connectivity index (χ0n) is 10.1. The van der Waals surface area contributed by atoms with E-state index in [0.29, 0.717) is 5.92 Å². The van der Waals surface area contributed by atoms with Crippen LogP contribution < -0.4 is 0 Å². The molecule has 0 heterocycles. The summed E-state index contributed by atoms with van der Waals surface area (Å²) in [5.41, 5.74) is 2.14. The van der Waals surface area contributed by atoms with Crippen molar-refractivity contribution < 1.29 is 6.17 Å². The molecule has 0 aromatic heterocycles. The minimum Gasteiger partial charge on any atom is -0.303 e. The molecule has 0 aliphatic heterocycles. The predicted molar refractivity (Wildman–Crippen MR) is 59.6 cm³/mol. The van der Waals surface area contributed by atoms with Gasteiger partial charge in [-0.3, -0.25) is 0 Å². The fourth-order valence-electron chi connectivity index (χ4n) is 1.41. The Morgan fingerprint density at radius 3 is 2.57 bits per heavy atom. The van der Waals surface area contributed by atoms with Crippen LogP contribution in [0.5, 0.6) is 0 Å². The first-order valence-corrected chi connectivity index (χ1v) is 5.01. The predicted octanol–water partition coefficient (Wildman–Crippen LogP) is 3.50. The molecule has 0 amide bonds. The monoisotopic (exact) mass is 191 g/mol. The lowest BCUT2D eigenvalue weighted by Gasteiger charge is -2.11. The Bertz CT molecular complexity index is 342. The van der Waals surface area contributed by atoms with Crippen LogP contribution in [0, 0.1) is 0 Å². The Labute approximate surface area is 87.6 Å². The van der Waals surface area contributed by atoms with Gasteiger partial charge in [0, 0.05) is 7.79 Å². The highest BCUT2D eigenvalue weighted by Crippen LogP contribution is 2.22. The molecule has 0 saturated heterocycles. The molecule has 14 heavy (non-hydrogen) atoms. The Hall–Kier alpha value is -1.11. The first kappa shape index (κ1) is 9.45. The standard InChI is InChI=1S/C13H18O/c1-10(2)12-5-4-6-13(9-12)11(3)7-8-14/h4-6,8-11H,7H2,1-3H3/i11D. The zero-order chi connectivity index (χ0) is 11.5. The summed E-state index contributed by atoms with van der Waals surface area (Å²) >= 11 is 0. The van der Waals surface area contributed by atoms with Crippen LogP contribution in [0.3, 0.4) is 0 Å². The van der Waals surface area contributed by atoms with Crippen molar-refractivity contribution in [2.24, 2.45) is 0 Å². The second-order valence-corrected chi connectivity index (χ2v) is 3.93. The summed E-state index contributed by atoms with van der Waals surface area (Å²) in [6.07, 6.45) is 1.06. The molecule has 0 radical (unpaired) electrons. The lowest BCUT2D eigenvalue weighted by Crippen LogP contribution is -1.96. The van der Waals surface area contributed by atoms with Crippen LogP contribution in [0.2, 0.25) is 0 Å². The number of benzene rings is 1. The van der Waals surface area contributed by atoms with E-state index in [0.717, 1.165) is 11.8 Å². The molecule has 0 aliphatic carbocycles. The molecule has 0 spiro atoms. The van der Waals surface area contributed by atoms with Crippen molar-refractivity contribution in [2.75, 3.05) is 0 Å². The molecule has 1 aromatic rings. The maximum Gasteiger partial charge on any atom is 0.120 e. The van der Waals surface area contributed by atoms with E-state index < -0.39 is 5.89 Å². The molecule has 1 nitrogen and oxygen atoms in total. The van der Waals surface area contributed by atoms with Crippen molar-refractivity contribution in [2.45, 2.75) is 39.0 Å². The maximum atomic E-state index is 10.5. The van der Waals surface area contributed by atoms with Crippen molar-refractivity contribution in [3.8, 4) is 0 Å². The average molecular weight is 191 g/mol. The molecule has 76 valence electrons. The Morgan fingerprint density at radius 2 is 2.00 bits per heavy atom. The summed E-state index contributed by atoms with van der Waals surface area (Å²) in [6, 6.07) is 7.97. The van der Waals surface area contributed by atoms with Gasteiger partial charge in [0.15, 0.2) is 0 Å². The van der Waals surface area contributed by atoms with Gasteiger partial charge in [0.2, 0.25) is 0 Å². The third kappa shape index (κ3) is 2.69. The highest BCUT2D eigenvalue weighted by atomic mass is 16.1. The molecule has 0 fully saturated rings. The number of hydrogen-bond acceptors (Lipinski definition) is 1. The Balaban J connectivity index is 3.04. The summed E-state index contributed by atoms with van der Waals surface area (Å²) in [5, 5.41) is 0. The van der Waals surface area contributed by atoms with Crippen LogP contribution in [-0.2, 0) is 4.79 Å². The molecule has 0 N–H and O–H groups in total. The quantitative estimate of drug-likeness (QED) is 0.666. The van der Waals surface area contributed by atoms with E-state index in [1.54, 1.807) is 6.92 Å². The van der Waals surface area contributed by atoms with Gasteiger partial charge in [0.05, 0.1) is 0 Å². The molecular weight excluding hydrogens is 172 g/mol. The second kappa shape index (κ2) is 4.94. The van der Waals surface area contributed by atoms with Gasteiger partial charge in [0.1, 0.15) is 6.29 Å². The summed E-state index contributed by atoms with van der Waals surface area (Å²) < 4.78 is 8.07. The van der Waals surface area contributed by atoms with E-state index in [1.807, 2.05) is 18.2 Å². The molecule has 0 aliphatic rings. The van der Waals surface area contributed by atoms with Gasteiger partial charge in [0.25, 0.3) is 0 Å². The van der Waals surface area contributed by atoms with E-state index in [9.17, 15) is 4.79 Å². The van der Waals surface area contributed by atoms with Crippen molar-refractivity contribution in [3.05, 3.63) is 35.4 Å². The topological polar surface area (TPSA) is 17.1 Å². The highest BCUT2D eigenvalue weighted by molar-refractivity contribution is 5.51. The van der Waals surface area contributed by atoms with Crippen molar-refractivity contribution >= 4 is 6.29 Å². The highest BCUT2D eigenvalue weighted by Gasteiger charge is 2.06. The molecule has 0 bridgehead atoms. The Morgan fingerprint density at radius 1 is 1.36 bits per heavy atom. The smallest absolute Gasteiger partial charge is 0.120 e. The summed E-state index contributed by atoms with van der Waals surface area (Å²) in [6.45, 7) is 6.03. The van der Waals surface area contributed by atoms with Gasteiger partial charge in [-0.2, -0.15) is 0 Å². The van der Waals surface area contributed by atoms with Crippen LogP contribution in [0.4, 0.5) is 0 Å². The average Bonchev–Trinajstić information content (AvgIpc) is 2.18. The van der Waals surface area contributed by atoms with Gasteiger partial charge in [-0.25, -0.2) is 0 Å². The van der Waals surface area contributed by atoms with Crippen LogP contribution >= 0.6 is 0 Å². The molecular formula is C13H18O. The van der Waals surface area contributed by atoms with E-state index in [2.05, 4.69) is 19.9 Å². The van der Waals surface area contributed by atoms with E-state index in [1.165, 1.54) is 5.56 Å². The number of hydrogen-bond donors (Lipinski definition) is 0. The molecule has 1 aromatic carbocycles. The maximum absolute atomic E-state index is 10.5. The number of carbonyl (C=O) groups excluding carboxylic acids is 1. The molecule has 1 rings (SSSR count). The van der Waals surface area contributed by atoms with E-state index in [4.69, 9.17) is 1.37 Å². The molecule has 1 heteroatoms. The molecule has 1 atom stereocenters. The van der Waals surface area contributed by atoms with Crippen molar-refractivity contribution in [1.82, 2.24) is 0 Å². The zero-order valence-corrected chi connectivity index (χ0v) is 9.08. The first-order valence-electron chi connectivity index (χ1n) is 5.51. The van der Waals surface area contributed by atoms with Crippen LogP contribution in [0.15, 0.2) is 24.3 Å². The van der Waals surface area contributed by atoms with Gasteiger partial charge in [-0.1, -0.05) is 45.0 Å². The minimum atomic E-state index is -0.799. The van der Waals surface area contributed by atoms with E-state index in [-0.39, 0.29) is 6.42 Å². The number of aldehydes is 1. The van der Waals surface area contributed by atoms with Crippen LogP contribution in [-0.4, -0.2) is 6.29 Å². The number of carbonyl (C=O) groups is 1. The van der Waals surface area contributed by atoms with Gasteiger partial charge in [-0.05, 0) is 22.9 Å². The second-order valence-electron chi connectivity index (χ2n) is 3.93. The van der Waals surface area contributed by atoms with Crippen LogP contribution in [0.25, 0.3) is 0 Å². The van der Waals surface area contributed by atoms with Crippen molar-refractivity contribution in [3.63, 3.8) is 0 Å². The SMILES string of the molecule is [2H]C(C)(CC=O)c1cccc(C(C)C)c1. The van der Waals surface area contributed by atoms with Crippen molar-refractivity contribution in [1.29, 1.82) is 0 Å². The summed E-state index contributed by atoms with van der Waals surface area (Å²) in [4.78, 5) is 10.5. The first-order chi connectivity index (χ1) is 6.97. The Kier molecular flexibility index (Phi) is 3.33. The fraction of sp³-hybridized carbons (Fsp3) is 0.462. The summed E-state index contributed by atoms with van der Waals surface area (Å²) in [5.74, 6) is -0.343. The lowest BCUT2D eigenvalue weighted by molar-refractivity contribution is -0.108. The van der Waals surface area contributed by atoms with E-state index >= 15 is 0 Å². The molecule has 1 unspecified atom stereocenters.